The number of carbonyl (C=O) groups is 1. The number of rotatable bonds is 3. The van der Waals surface area contributed by atoms with Crippen molar-refractivity contribution in [3.8, 4) is 16.3 Å². The Morgan fingerprint density at radius 2 is 2.00 bits per heavy atom. The number of ether oxygens (including phenoxy) is 1. The van der Waals surface area contributed by atoms with Gasteiger partial charge < -0.3 is 9.84 Å². The fraction of sp³-hybridized carbons (Fsp3) is 0.125. The van der Waals surface area contributed by atoms with Crippen LogP contribution in [0.15, 0.2) is 41.8 Å². The Hall–Kier alpha value is -2.40. The molecule has 0 amide bonds. The zero-order chi connectivity index (χ0) is 14.8. The Labute approximate surface area is 125 Å². The summed E-state index contributed by atoms with van der Waals surface area (Å²) in [5.41, 5.74) is 0.888. The molecule has 0 spiro atoms. The van der Waals surface area contributed by atoms with Gasteiger partial charge in [-0.2, -0.15) is 0 Å². The Balaban J connectivity index is 2.04. The van der Waals surface area contributed by atoms with E-state index >= 15 is 0 Å². The second kappa shape index (κ2) is 5.54. The minimum absolute atomic E-state index is 0.151. The molecule has 1 N–H and O–H groups in total. The average Bonchev–Trinajstić information content (AvgIpc) is 2.96. The van der Waals surface area contributed by atoms with Crippen LogP contribution in [-0.2, 0) is 4.74 Å². The van der Waals surface area contributed by atoms with Crippen molar-refractivity contribution in [2.45, 2.75) is 6.92 Å². The van der Waals surface area contributed by atoms with Crippen molar-refractivity contribution in [3.63, 3.8) is 0 Å². The summed E-state index contributed by atoms with van der Waals surface area (Å²) in [6.07, 6.45) is 0. The number of aromatic nitrogens is 1. The minimum atomic E-state index is -0.444. The van der Waals surface area contributed by atoms with E-state index in [0.717, 1.165) is 10.8 Å². The molecule has 0 aliphatic rings. The van der Waals surface area contributed by atoms with Gasteiger partial charge >= 0.3 is 5.97 Å². The third kappa shape index (κ3) is 2.60. The van der Waals surface area contributed by atoms with E-state index in [1.165, 1.54) is 11.3 Å². The number of esters is 1. The van der Waals surface area contributed by atoms with Crippen molar-refractivity contribution in [1.82, 2.24) is 4.98 Å². The zero-order valence-electron chi connectivity index (χ0n) is 11.4. The molecule has 0 fully saturated rings. The standard InChI is InChI=1S/C16H13NO3S/c1-2-20-16(19)13-9-21-15(17-13)12-7-10-5-3-4-6-11(10)8-14(12)18/h3-9,18H,2H2,1H3. The molecule has 0 saturated carbocycles. The van der Waals surface area contributed by atoms with Gasteiger partial charge in [0.25, 0.3) is 0 Å². The number of aromatic hydroxyl groups is 1. The first kappa shape index (κ1) is 13.6. The van der Waals surface area contributed by atoms with E-state index in [9.17, 15) is 9.90 Å². The molecule has 0 saturated heterocycles. The van der Waals surface area contributed by atoms with Crippen LogP contribution in [0.25, 0.3) is 21.3 Å². The van der Waals surface area contributed by atoms with Crippen LogP contribution >= 0.6 is 11.3 Å². The lowest BCUT2D eigenvalue weighted by atomic mass is 10.1. The summed E-state index contributed by atoms with van der Waals surface area (Å²) in [6.45, 7) is 2.06. The molecule has 106 valence electrons. The maximum absolute atomic E-state index is 11.6. The van der Waals surface area contributed by atoms with Gasteiger partial charge in [-0.15, -0.1) is 11.3 Å². The number of thiazole rings is 1. The van der Waals surface area contributed by atoms with Gasteiger partial charge in [0.05, 0.1) is 12.2 Å². The first-order valence-electron chi connectivity index (χ1n) is 6.54. The lowest BCUT2D eigenvalue weighted by Crippen LogP contribution is -2.04. The molecule has 3 rings (SSSR count). The predicted molar refractivity (Wildman–Crippen MR) is 82.7 cm³/mol. The molecule has 21 heavy (non-hydrogen) atoms. The maximum atomic E-state index is 11.6. The van der Waals surface area contributed by atoms with Crippen molar-refractivity contribution in [2.24, 2.45) is 0 Å². The van der Waals surface area contributed by atoms with Crippen LogP contribution in [0, 0.1) is 0 Å². The highest BCUT2D eigenvalue weighted by atomic mass is 32.1. The molecule has 1 aromatic heterocycles. The molecule has 4 nitrogen and oxygen atoms in total. The molecule has 0 aliphatic carbocycles. The second-order valence-electron chi connectivity index (χ2n) is 4.47. The average molecular weight is 299 g/mol. The van der Waals surface area contributed by atoms with Crippen LogP contribution in [0.2, 0.25) is 0 Å². The first-order valence-corrected chi connectivity index (χ1v) is 7.42. The van der Waals surface area contributed by atoms with Crippen LogP contribution in [0.3, 0.4) is 0 Å². The number of hydrogen-bond donors (Lipinski definition) is 1. The van der Waals surface area contributed by atoms with Gasteiger partial charge in [-0.1, -0.05) is 24.3 Å². The first-order chi connectivity index (χ1) is 10.2. The fourth-order valence-corrected chi connectivity index (χ4v) is 2.91. The summed E-state index contributed by atoms with van der Waals surface area (Å²) < 4.78 is 4.92. The van der Waals surface area contributed by atoms with Gasteiger partial charge in [0.1, 0.15) is 10.8 Å². The number of benzene rings is 2. The summed E-state index contributed by atoms with van der Waals surface area (Å²) in [7, 11) is 0. The summed E-state index contributed by atoms with van der Waals surface area (Å²) in [5, 5.41) is 14.4. The van der Waals surface area contributed by atoms with Gasteiger partial charge in [0.2, 0.25) is 0 Å². The van der Waals surface area contributed by atoms with E-state index < -0.39 is 5.97 Å². The molecule has 0 bridgehead atoms. The van der Waals surface area contributed by atoms with Gasteiger partial charge in [-0.25, -0.2) is 9.78 Å². The van der Waals surface area contributed by atoms with Crippen LogP contribution in [-0.4, -0.2) is 22.7 Å². The molecule has 1 heterocycles. The van der Waals surface area contributed by atoms with Crippen LogP contribution in [0.4, 0.5) is 0 Å². The Bertz CT molecular complexity index is 810. The van der Waals surface area contributed by atoms with Crippen LogP contribution in [0.5, 0.6) is 5.75 Å². The normalized spacial score (nSPS) is 10.7. The third-order valence-electron chi connectivity index (χ3n) is 3.08. The lowest BCUT2D eigenvalue weighted by molar-refractivity contribution is 0.0520. The molecule has 3 aromatic rings. The van der Waals surface area contributed by atoms with E-state index in [1.807, 2.05) is 30.3 Å². The Morgan fingerprint density at radius 3 is 2.71 bits per heavy atom. The van der Waals surface area contributed by atoms with Crippen molar-refractivity contribution in [3.05, 3.63) is 47.5 Å². The number of nitrogens with zero attached hydrogens (tertiary/aromatic N) is 1. The zero-order valence-corrected chi connectivity index (χ0v) is 12.2. The topological polar surface area (TPSA) is 59.4 Å². The predicted octanol–water partition coefficient (Wildman–Crippen LogP) is 3.85. The van der Waals surface area contributed by atoms with Crippen molar-refractivity contribution in [2.75, 3.05) is 6.61 Å². The van der Waals surface area contributed by atoms with Crippen LogP contribution in [0.1, 0.15) is 17.4 Å². The fourth-order valence-electron chi connectivity index (χ4n) is 2.10. The molecule has 0 unspecified atom stereocenters. The van der Waals surface area contributed by atoms with E-state index in [2.05, 4.69) is 4.98 Å². The Morgan fingerprint density at radius 1 is 1.29 bits per heavy atom. The van der Waals surface area contributed by atoms with Gasteiger partial charge in [-0.05, 0) is 29.8 Å². The summed E-state index contributed by atoms with van der Waals surface area (Å²) in [6, 6.07) is 11.3. The molecule has 2 aromatic carbocycles. The van der Waals surface area contributed by atoms with Crippen molar-refractivity contribution in [1.29, 1.82) is 0 Å². The molecular formula is C16H13NO3S. The van der Waals surface area contributed by atoms with E-state index in [-0.39, 0.29) is 11.4 Å². The van der Waals surface area contributed by atoms with Crippen molar-refractivity contribution >= 4 is 28.1 Å². The molecule has 5 heteroatoms. The van der Waals surface area contributed by atoms with Gasteiger partial charge in [0, 0.05) is 5.38 Å². The largest absolute Gasteiger partial charge is 0.507 e. The van der Waals surface area contributed by atoms with Gasteiger partial charge in [0.15, 0.2) is 5.69 Å². The number of fused-ring (bicyclic) bond motifs is 1. The smallest absolute Gasteiger partial charge is 0.357 e. The quantitative estimate of drug-likeness (QED) is 0.746. The van der Waals surface area contributed by atoms with E-state index in [4.69, 9.17) is 4.74 Å². The third-order valence-corrected chi connectivity index (χ3v) is 3.96. The molecule has 0 atom stereocenters. The highest BCUT2D eigenvalue weighted by Gasteiger charge is 2.15. The van der Waals surface area contributed by atoms with Crippen molar-refractivity contribution < 1.29 is 14.6 Å². The van der Waals surface area contributed by atoms with E-state index in [1.54, 1.807) is 18.4 Å². The molecule has 0 aliphatic heterocycles. The SMILES string of the molecule is CCOC(=O)c1csc(-c2cc3ccccc3cc2O)n1. The Kier molecular flexibility index (Phi) is 3.58. The van der Waals surface area contributed by atoms with Crippen LogP contribution < -0.4 is 0 Å². The summed E-state index contributed by atoms with van der Waals surface area (Å²) >= 11 is 1.31. The lowest BCUT2D eigenvalue weighted by Gasteiger charge is -2.04. The monoisotopic (exact) mass is 299 g/mol. The summed E-state index contributed by atoms with van der Waals surface area (Å²) in [4.78, 5) is 15.9. The number of phenols is 1. The van der Waals surface area contributed by atoms with E-state index in [0.29, 0.717) is 17.2 Å². The highest BCUT2D eigenvalue weighted by molar-refractivity contribution is 7.13. The number of carbonyl (C=O) groups excluding carboxylic acids is 1. The molecule has 0 radical (unpaired) electrons. The number of phenolic OH excluding ortho intramolecular Hbond substituents is 1. The molecular weight excluding hydrogens is 286 g/mol. The van der Waals surface area contributed by atoms with Gasteiger partial charge in [-0.3, -0.25) is 0 Å². The minimum Gasteiger partial charge on any atom is -0.507 e. The number of hydrogen-bond acceptors (Lipinski definition) is 5. The highest BCUT2D eigenvalue weighted by Crippen LogP contribution is 2.35. The second-order valence-corrected chi connectivity index (χ2v) is 5.33. The summed E-state index contributed by atoms with van der Waals surface area (Å²) in [5.74, 6) is -0.293. The maximum Gasteiger partial charge on any atom is 0.357 e.